The molecular weight excluding hydrogens is 411 g/mol. The first-order chi connectivity index (χ1) is 13.0. The van der Waals surface area contributed by atoms with Crippen LogP contribution in [0.1, 0.15) is 23.0 Å². The lowest BCUT2D eigenvalue weighted by molar-refractivity contribution is 0.0446. The Balaban J connectivity index is 1.67. The van der Waals surface area contributed by atoms with Gasteiger partial charge in [-0.05, 0) is 49.4 Å². The maximum atomic E-state index is 12.2. The molecule has 1 heterocycles. The van der Waals surface area contributed by atoms with Gasteiger partial charge in [0.1, 0.15) is 23.9 Å². The Bertz CT molecular complexity index is 966. The number of halogens is 3. The number of furan rings is 1. The third kappa shape index (κ3) is 4.59. The van der Waals surface area contributed by atoms with E-state index < -0.39 is 5.97 Å². The second kappa shape index (κ2) is 8.70. The molecule has 0 atom stereocenters. The summed E-state index contributed by atoms with van der Waals surface area (Å²) in [4.78, 5) is 12.2. The molecule has 0 aliphatic carbocycles. The van der Waals surface area contributed by atoms with Crippen LogP contribution in [0.15, 0.2) is 52.9 Å². The van der Waals surface area contributed by atoms with Crippen LogP contribution in [-0.2, 0) is 11.3 Å². The van der Waals surface area contributed by atoms with Gasteiger partial charge in [-0.2, -0.15) is 0 Å². The molecule has 0 saturated carbocycles. The highest BCUT2D eigenvalue weighted by atomic mass is 35.5. The number of rotatable bonds is 6. The lowest BCUT2D eigenvalue weighted by atomic mass is 10.2. The average molecular weight is 426 g/mol. The summed E-state index contributed by atoms with van der Waals surface area (Å²) in [5.74, 6) is 1.02. The molecule has 27 heavy (non-hydrogen) atoms. The Morgan fingerprint density at radius 2 is 1.85 bits per heavy atom. The van der Waals surface area contributed by atoms with Gasteiger partial charge in [-0.15, -0.1) is 0 Å². The van der Waals surface area contributed by atoms with E-state index in [9.17, 15) is 4.79 Å². The van der Waals surface area contributed by atoms with Gasteiger partial charge in [-0.3, -0.25) is 0 Å². The zero-order valence-corrected chi connectivity index (χ0v) is 16.6. The minimum Gasteiger partial charge on any atom is -0.492 e. The number of hydrogen-bond acceptors (Lipinski definition) is 4. The van der Waals surface area contributed by atoms with Crippen molar-refractivity contribution >= 4 is 40.8 Å². The highest BCUT2D eigenvalue weighted by Gasteiger charge is 2.14. The van der Waals surface area contributed by atoms with E-state index >= 15 is 0 Å². The summed E-state index contributed by atoms with van der Waals surface area (Å²) in [6.45, 7) is 2.32. The molecular formula is C20H15Cl3O4. The van der Waals surface area contributed by atoms with Crippen LogP contribution in [0.4, 0.5) is 0 Å². The fourth-order valence-corrected chi connectivity index (χ4v) is 3.04. The van der Waals surface area contributed by atoms with Crippen molar-refractivity contribution in [1.29, 1.82) is 0 Å². The molecule has 140 valence electrons. The molecule has 0 unspecified atom stereocenters. The zero-order chi connectivity index (χ0) is 19.4. The predicted octanol–water partition coefficient (Wildman–Crippen LogP) is 6.66. The van der Waals surface area contributed by atoms with Gasteiger partial charge in [0.25, 0.3) is 0 Å². The van der Waals surface area contributed by atoms with Crippen LogP contribution in [0.2, 0.25) is 15.1 Å². The van der Waals surface area contributed by atoms with Crippen molar-refractivity contribution in [2.45, 2.75) is 13.5 Å². The maximum Gasteiger partial charge on any atom is 0.338 e. The van der Waals surface area contributed by atoms with Gasteiger partial charge >= 0.3 is 5.97 Å². The van der Waals surface area contributed by atoms with E-state index in [0.717, 1.165) is 0 Å². The normalized spacial score (nSPS) is 10.7. The van der Waals surface area contributed by atoms with E-state index in [1.165, 1.54) is 6.07 Å². The summed E-state index contributed by atoms with van der Waals surface area (Å²) in [6, 6.07) is 13.5. The van der Waals surface area contributed by atoms with Crippen LogP contribution in [0.3, 0.4) is 0 Å². The molecule has 0 aliphatic rings. The SMILES string of the molecule is CCOc1ccc(C(=O)OCc2ccc(-c3cccc(Cl)c3Cl)o2)cc1Cl. The number of carbonyl (C=O) groups excluding carboxylic acids is 1. The Labute approximate surface area is 171 Å². The molecule has 3 rings (SSSR count). The van der Waals surface area contributed by atoms with Crippen molar-refractivity contribution in [2.24, 2.45) is 0 Å². The first kappa shape index (κ1) is 19.6. The minimum absolute atomic E-state index is 0.0259. The summed E-state index contributed by atoms with van der Waals surface area (Å²) in [5.41, 5.74) is 0.994. The van der Waals surface area contributed by atoms with Crippen molar-refractivity contribution in [1.82, 2.24) is 0 Å². The Morgan fingerprint density at radius 1 is 1.04 bits per heavy atom. The van der Waals surface area contributed by atoms with Crippen molar-refractivity contribution in [3.8, 4) is 17.1 Å². The highest BCUT2D eigenvalue weighted by Crippen LogP contribution is 2.34. The third-order valence-electron chi connectivity index (χ3n) is 3.69. The van der Waals surface area contributed by atoms with E-state index in [2.05, 4.69) is 0 Å². The van der Waals surface area contributed by atoms with Gasteiger partial charge in [-0.1, -0.05) is 40.9 Å². The van der Waals surface area contributed by atoms with Crippen molar-refractivity contribution in [2.75, 3.05) is 6.61 Å². The molecule has 0 radical (unpaired) electrons. The third-order valence-corrected chi connectivity index (χ3v) is 4.81. The van der Waals surface area contributed by atoms with Crippen LogP contribution in [0, 0.1) is 0 Å². The van der Waals surface area contributed by atoms with Gasteiger partial charge < -0.3 is 13.9 Å². The molecule has 7 heteroatoms. The van der Waals surface area contributed by atoms with E-state index in [4.69, 9.17) is 48.7 Å². The monoisotopic (exact) mass is 424 g/mol. The minimum atomic E-state index is -0.515. The van der Waals surface area contributed by atoms with Crippen LogP contribution in [0.5, 0.6) is 5.75 Å². The van der Waals surface area contributed by atoms with Crippen molar-refractivity contribution in [3.63, 3.8) is 0 Å². The number of hydrogen-bond donors (Lipinski definition) is 0. The summed E-state index contributed by atoms with van der Waals surface area (Å²) in [6.07, 6.45) is 0. The van der Waals surface area contributed by atoms with Gasteiger partial charge in [0.15, 0.2) is 0 Å². The highest BCUT2D eigenvalue weighted by molar-refractivity contribution is 6.43. The van der Waals surface area contributed by atoms with Crippen LogP contribution in [-0.4, -0.2) is 12.6 Å². The largest absolute Gasteiger partial charge is 0.492 e. The fourth-order valence-electron chi connectivity index (χ4n) is 2.41. The Hall–Kier alpha value is -2.14. The second-order valence-electron chi connectivity index (χ2n) is 5.52. The quantitative estimate of drug-likeness (QED) is 0.414. The summed E-state index contributed by atoms with van der Waals surface area (Å²) < 4.78 is 16.3. The first-order valence-electron chi connectivity index (χ1n) is 8.12. The summed E-state index contributed by atoms with van der Waals surface area (Å²) in [5, 5.41) is 1.19. The molecule has 0 aliphatic heterocycles. The van der Waals surface area contributed by atoms with Gasteiger partial charge in [0.2, 0.25) is 0 Å². The number of ether oxygens (including phenoxy) is 2. The van der Waals surface area contributed by atoms with Gasteiger partial charge in [0, 0.05) is 5.56 Å². The summed E-state index contributed by atoms with van der Waals surface area (Å²) >= 11 is 18.3. The Morgan fingerprint density at radius 3 is 2.59 bits per heavy atom. The molecule has 0 saturated heterocycles. The van der Waals surface area contributed by atoms with E-state index in [0.29, 0.717) is 50.1 Å². The average Bonchev–Trinajstić information content (AvgIpc) is 3.12. The number of benzene rings is 2. The van der Waals surface area contributed by atoms with Crippen LogP contribution < -0.4 is 4.74 Å². The van der Waals surface area contributed by atoms with Gasteiger partial charge in [0.05, 0.1) is 27.2 Å². The lowest BCUT2D eigenvalue weighted by Gasteiger charge is -2.07. The summed E-state index contributed by atoms with van der Waals surface area (Å²) in [7, 11) is 0. The van der Waals surface area contributed by atoms with Crippen LogP contribution in [0.25, 0.3) is 11.3 Å². The molecule has 0 bridgehead atoms. The lowest BCUT2D eigenvalue weighted by Crippen LogP contribution is -2.05. The molecule has 0 N–H and O–H groups in total. The fraction of sp³-hybridized carbons (Fsp3) is 0.150. The standard InChI is InChI=1S/C20H15Cl3O4/c1-2-25-18-8-6-12(10-16(18)22)20(24)26-11-13-7-9-17(27-13)14-4-3-5-15(21)19(14)23/h3-10H,2,11H2,1H3. The first-order valence-corrected chi connectivity index (χ1v) is 9.25. The predicted molar refractivity (Wildman–Crippen MR) is 106 cm³/mol. The molecule has 0 fully saturated rings. The van der Waals surface area contributed by atoms with Gasteiger partial charge in [-0.25, -0.2) is 4.79 Å². The Kier molecular flexibility index (Phi) is 6.32. The van der Waals surface area contributed by atoms with E-state index in [1.54, 1.807) is 42.5 Å². The molecule has 2 aromatic carbocycles. The molecule has 0 amide bonds. The van der Waals surface area contributed by atoms with Crippen molar-refractivity contribution in [3.05, 3.63) is 74.9 Å². The smallest absolute Gasteiger partial charge is 0.338 e. The maximum absolute atomic E-state index is 12.2. The molecule has 1 aromatic heterocycles. The molecule has 4 nitrogen and oxygen atoms in total. The second-order valence-corrected chi connectivity index (χ2v) is 6.71. The topological polar surface area (TPSA) is 48.7 Å². The van der Waals surface area contributed by atoms with E-state index in [-0.39, 0.29) is 6.61 Å². The molecule has 3 aromatic rings. The zero-order valence-electron chi connectivity index (χ0n) is 14.3. The number of esters is 1. The van der Waals surface area contributed by atoms with Crippen LogP contribution >= 0.6 is 34.8 Å². The van der Waals surface area contributed by atoms with Crippen molar-refractivity contribution < 1.29 is 18.7 Å². The van der Waals surface area contributed by atoms with E-state index in [1.807, 2.05) is 6.92 Å². The number of carbonyl (C=O) groups is 1. The molecule has 0 spiro atoms.